The van der Waals surface area contributed by atoms with E-state index in [4.69, 9.17) is 0 Å². The fourth-order valence-electron chi connectivity index (χ4n) is 1.34. The van der Waals surface area contributed by atoms with Crippen LogP contribution < -0.4 is 5.32 Å². The van der Waals surface area contributed by atoms with Crippen molar-refractivity contribution in [1.29, 1.82) is 0 Å². The molecule has 1 aromatic rings. The molecular formula is C9H16BrN3. The molecule has 0 spiro atoms. The van der Waals surface area contributed by atoms with Crippen LogP contribution in [0.3, 0.4) is 0 Å². The molecule has 0 bridgehead atoms. The van der Waals surface area contributed by atoms with E-state index in [1.165, 1.54) is 5.69 Å². The molecule has 0 saturated heterocycles. The number of aryl methyl sites for hydroxylation is 2. The maximum Gasteiger partial charge on any atom is 0.0739 e. The number of aromatic nitrogens is 2. The summed E-state index contributed by atoms with van der Waals surface area (Å²) in [5, 5.41) is 7.59. The largest absolute Gasteiger partial charge is 0.314 e. The molecule has 1 N–H and O–H groups in total. The lowest BCUT2D eigenvalue weighted by Gasteiger charge is -2.05. The van der Waals surface area contributed by atoms with Gasteiger partial charge in [0.05, 0.1) is 15.9 Å². The summed E-state index contributed by atoms with van der Waals surface area (Å²) in [6, 6.07) is 0. The summed E-state index contributed by atoms with van der Waals surface area (Å²) in [5.74, 6) is 0. The highest BCUT2D eigenvalue weighted by Gasteiger charge is 2.10. The molecular weight excluding hydrogens is 230 g/mol. The van der Waals surface area contributed by atoms with Crippen molar-refractivity contribution in [3.05, 3.63) is 15.9 Å². The topological polar surface area (TPSA) is 29.9 Å². The van der Waals surface area contributed by atoms with E-state index >= 15 is 0 Å². The number of hydrogen-bond donors (Lipinski definition) is 1. The van der Waals surface area contributed by atoms with Crippen LogP contribution >= 0.6 is 15.9 Å². The first-order valence-corrected chi connectivity index (χ1v) is 5.36. The van der Waals surface area contributed by atoms with Crippen LogP contribution in [0, 0.1) is 6.92 Å². The van der Waals surface area contributed by atoms with E-state index in [0.29, 0.717) is 0 Å². The standard InChI is InChI=1S/C9H16BrN3/c1-4-5-13-8(6-11-3)9(10)7(2)12-13/h11H,4-6H2,1-3H3. The van der Waals surface area contributed by atoms with Gasteiger partial charge in [-0.3, -0.25) is 4.68 Å². The summed E-state index contributed by atoms with van der Waals surface area (Å²) in [4.78, 5) is 0. The van der Waals surface area contributed by atoms with Crippen molar-refractivity contribution in [3.63, 3.8) is 0 Å². The minimum absolute atomic E-state index is 0.863. The molecule has 0 atom stereocenters. The van der Waals surface area contributed by atoms with Gasteiger partial charge >= 0.3 is 0 Å². The predicted molar refractivity (Wildman–Crippen MR) is 57.7 cm³/mol. The monoisotopic (exact) mass is 245 g/mol. The third-order valence-electron chi connectivity index (χ3n) is 1.93. The zero-order valence-electron chi connectivity index (χ0n) is 8.39. The third kappa shape index (κ3) is 2.31. The van der Waals surface area contributed by atoms with Crippen LogP contribution in [0.1, 0.15) is 24.7 Å². The van der Waals surface area contributed by atoms with Gasteiger partial charge in [0.25, 0.3) is 0 Å². The highest BCUT2D eigenvalue weighted by Crippen LogP contribution is 2.20. The normalized spacial score (nSPS) is 10.8. The van der Waals surface area contributed by atoms with Crippen LogP contribution in [-0.4, -0.2) is 16.8 Å². The van der Waals surface area contributed by atoms with Crippen LogP contribution in [0.25, 0.3) is 0 Å². The molecule has 1 rings (SSSR count). The number of rotatable bonds is 4. The minimum atomic E-state index is 0.863. The fraction of sp³-hybridized carbons (Fsp3) is 0.667. The van der Waals surface area contributed by atoms with Crippen LogP contribution in [0.5, 0.6) is 0 Å². The molecule has 0 saturated carbocycles. The Bertz CT molecular complexity index is 281. The second-order valence-corrected chi connectivity index (χ2v) is 3.89. The van der Waals surface area contributed by atoms with Gasteiger partial charge in [-0.1, -0.05) is 6.92 Å². The molecule has 0 aliphatic heterocycles. The van der Waals surface area contributed by atoms with Gasteiger partial charge in [-0.2, -0.15) is 5.10 Å². The Morgan fingerprint density at radius 3 is 2.77 bits per heavy atom. The average Bonchev–Trinajstić information content (AvgIpc) is 2.34. The Morgan fingerprint density at radius 1 is 1.54 bits per heavy atom. The first-order valence-electron chi connectivity index (χ1n) is 4.57. The van der Waals surface area contributed by atoms with Crippen LogP contribution in [0.4, 0.5) is 0 Å². The van der Waals surface area contributed by atoms with Crippen molar-refractivity contribution in [1.82, 2.24) is 15.1 Å². The van der Waals surface area contributed by atoms with Crippen molar-refractivity contribution >= 4 is 15.9 Å². The summed E-state index contributed by atoms with van der Waals surface area (Å²) in [7, 11) is 1.95. The molecule has 13 heavy (non-hydrogen) atoms. The summed E-state index contributed by atoms with van der Waals surface area (Å²) in [6.07, 6.45) is 1.12. The Balaban J connectivity index is 2.96. The molecule has 0 aromatic carbocycles. The Hall–Kier alpha value is -0.350. The summed E-state index contributed by atoms with van der Waals surface area (Å²) >= 11 is 3.55. The predicted octanol–water partition coefficient (Wildman–Crippen LogP) is 2.08. The maximum absolute atomic E-state index is 4.45. The van der Waals surface area contributed by atoms with E-state index in [1.54, 1.807) is 0 Å². The van der Waals surface area contributed by atoms with Crippen LogP contribution in [0.15, 0.2) is 4.47 Å². The first-order chi connectivity index (χ1) is 6.20. The molecule has 74 valence electrons. The number of hydrogen-bond acceptors (Lipinski definition) is 2. The Labute approximate surface area is 87.6 Å². The van der Waals surface area contributed by atoms with Gasteiger partial charge in [0, 0.05) is 13.1 Å². The SMILES string of the molecule is CCCn1nc(C)c(Br)c1CNC. The average molecular weight is 246 g/mol. The zero-order valence-corrected chi connectivity index (χ0v) is 9.98. The molecule has 0 unspecified atom stereocenters. The molecule has 1 aromatic heterocycles. The maximum atomic E-state index is 4.45. The van der Waals surface area contributed by atoms with E-state index in [1.807, 2.05) is 14.0 Å². The van der Waals surface area contributed by atoms with E-state index in [9.17, 15) is 0 Å². The van der Waals surface area contributed by atoms with Gasteiger partial charge in [-0.15, -0.1) is 0 Å². The number of nitrogens with one attached hydrogen (secondary N) is 1. The summed E-state index contributed by atoms with van der Waals surface area (Å²) in [6.45, 7) is 6.04. The highest BCUT2D eigenvalue weighted by molar-refractivity contribution is 9.10. The smallest absolute Gasteiger partial charge is 0.0739 e. The van der Waals surface area contributed by atoms with Crippen LogP contribution in [0.2, 0.25) is 0 Å². The van der Waals surface area contributed by atoms with Crippen molar-refractivity contribution in [2.45, 2.75) is 33.4 Å². The molecule has 3 nitrogen and oxygen atoms in total. The molecule has 1 heterocycles. The zero-order chi connectivity index (χ0) is 9.84. The number of halogens is 1. The molecule has 0 aliphatic rings. The van der Waals surface area contributed by atoms with E-state index in [2.05, 4.69) is 38.0 Å². The summed E-state index contributed by atoms with van der Waals surface area (Å²) in [5.41, 5.74) is 2.31. The first kappa shape index (κ1) is 10.7. The van der Waals surface area contributed by atoms with Gasteiger partial charge in [0.15, 0.2) is 0 Å². The molecule has 0 aliphatic carbocycles. The van der Waals surface area contributed by atoms with E-state index < -0.39 is 0 Å². The van der Waals surface area contributed by atoms with Gasteiger partial charge in [0.2, 0.25) is 0 Å². The Morgan fingerprint density at radius 2 is 2.23 bits per heavy atom. The minimum Gasteiger partial charge on any atom is -0.314 e. The van der Waals surface area contributed by atoms with Gasteiger partial charge < -0.3 is 5.32 Å². The molecule has 0 radical (unpaired) electrons. The fourth-order valence-corrected chi connectivity index (χ4v) is 1.76. The van der Waals surface area contributed by atoms with Gasteiger partial charge in [-0.25, -0.2) is 0 Å². The van der Waals surface area contributed by atoms with Crippen molar-refractivity contribution in [3.8, 4) is 0 Å². The lowest BCUT2D eigenvalue weighted by Crippen LogP contribution is -2.12. The lowest BCUT2D eigenvalue weighted by atomic mass is 10.3. The summed E-state index contributed by atoms with van der Waals surface area (Å²) < 4.78 is 3.20. The quantitative estimate of drug-likeness (QED) is 0.881. The van der Waals surface area contributed by atoms with Gasteiger partial charge in [-0.05, 0) is 36.3 Å². The van der Waals surface area contributed by atoms with Crippen molar-refractivity contribution < 1.29 is 0 Å². The second kappa shape index (κ2) is 4.77. The van der Waals surface area contributed by atoms with Crippen LogP contribution in [-0.2, 0) is 13.1 Å². The van der Waals surface area contributed by atoms with Gasteiger partial charge in [0.1, 0.15) is 0 Å². The molecule has 0 fully saturated rings. The van der Waals surface area contributed by atoms with E-state index in [0.717, 1.165) is 29.7 Å². The van der Waals surface area contributed by atoms with E-state index in [-0.39, 0.29) is 0 Å². The molecule has 0 amide bonds. The van der Waals surface area contributed by atoms with Crippen molar-refractivity contribution in [2.24, 2.45) is 0 Å². The molecule has 4 heteroatoms. The lowest BCUT2D eigenvalue weighted by molar-refractivity contribution is 0.559. The van der Waals surface area contributed by atoms with Crippen molar-refractivity contribution in [2.75, 3.05) is 7.05 Å². The Kier molecular flexibility index (Phi) is 3.93. The third-order valence-corrected chi connectivity index (χ3v) is 2.96. The number of nitrogens with zero attached hydrogens (tertiary/aromatic N) is 2. The highest BCUT2D eigenvalue weighted by atomic mass is 79.9. The second-order valence-electron chi connectivity index (χ2n) is 3.10.